The molecule has 1 amide bonds. The van der Waals surface area contributed by atoms with E-state index in [2.05, 4.69) is 27.2 Å². The molecule has 1 aromatic carbocycles. The van der Waals surface area contributed by atoms with E-state index in [0.29, 0.717) is 17.7 Å². The van der Waals surface area contributed by atoms with Crippen LogP contribution in [0.15, 0.2) is 35.4 Å². The molecule has 1 spiro atoms. The number of hydrogen-bond acceptors (Lipinski definition) is 6. The Bertz CT molecular complexity index is 850. The van der Waals surface area contributed by atoms with Gasteiger partial charge in [0, 0.05) is 44.0 Å². The highest BCUT2D eigenvalue weighted by Crippen LogP contribution is 2.43. The molecule has 0 atom stereocenters. The standard InChI is InChI=1S/C25H35N3O4/c1-19-22(25(32-24(19)30)11-4-3-5-12-25)23(29)26-13-6-14-27-15-17-28(18-16-27)20-7-9-21(31-2)10-8-20/h7-10H,3-6,11-18H2,1-2H3,(H,26,29). The zero-order valence-electron chi connectivity index (χ0n) is 19.3. The number of benzene rings is 1. The highest BCUT2D eigenvalue weighted by atomic mass is 16.6. The third-order valence-corrected chi connectivity index (χ3v) is 7.06. The average molecular weight is 442 g/mol. The minimum atomic E-state index is -0.679. The van der Waals surface area contributed by atoms with E-state index in [4.69, 9.17) is 9.47 Å². The van der Waals surface area contributed by atoms with Gasteiger partial charge in [0.05, 0.1) is 12.7 Å². The van der Waals surface area contributed by atoms with Crippen molar-refractivity contribution >= 4 is 17.6 Å². The first-order valence-corrected chi connectivity index (χ1v) is 11.9. The van der Waals surface area contributed by atoms with Crippen molar-refractivity contribution < 1.29 is 19.1 Å². The Kier molecular flexibility index (Phi) is 7.04. The Balaban J connectivity index is 1.21. The number of rotatable bonds is 7. The maximum absolute atomic E-state index is 12.9. The molecule has 4 rings (SSSR count). The third-order valence-electron chi connectivity index (χ3n) is 7.06. The molecular formula is C25H35N3O4. The Morgan fingerprint density at radius 3 is 2.44 bits per heavy atom. The molecule has 0 aromatic heterocycles. The van der Waals surface area contributed by atoms with Crippen molar-refractivity contribution in [2.75, 3.05) is 51.3 Å². The van der Waals surface area contributed by atoms with Gasteiger partial charge in [-0.1, -0.05) is 6.42 Å². The van der Waals surface area contributed by atoms with Crippen molar-refractivity contribution in [3.63, 3.8) is 0 Å². The van der Waals surface area contributed by atoms with Crippen LogP contribution in [0.3, 0.4) is 0 Å². The third kappa shape index (κ3) is 4.77. The van der Waals surface area contributed by atoms with Crippen LogP contribution >= 0.6 is 0 Å². The van der Waals surface area contributed by atoms with Crippen LogP contribution < -0.4 is 15.0 Å². The summed E-state index contributed by atoms with van der Waals surface area (Å²) in [5.41, 5.74) is 1.61. The highest BCUT2D eigenvalue weighted by Gasteiger charge is 2.49. The predicted molar refractivity (Wildman–Crippen MR) is 124 cm³/mol. The van der Waals surface area contributed by atoms with Gasteiger partial charge in [-0.05, 0) is 69.8 Å². The van der Waals surface area contributed by atoms with E-state index in [1.54, 1.807) is 14.0 Å². The summed E-state index contributed by atoms with van der Waals surface area (Å²) < 4.78 is 10.9. The quantitative estimate of drug-likeness (QED) is 0.518. The largest absolute Gasteiger partial charge is 0.497 e. The lowest BCUT2D eigenvalue weighted by molar-refractivity contribution is -0.149. The van der Waals surface area contributed by atoms with Gasteiger partial charge >= 0.3 is 5.97 Å². The molecule has 7 heteroatoms. The molecule has 1 saturated heterocycles. The zero-order valence-corrected chi connectivity index (χ0v) is 19.3. The number of hydrogen-bond donors (Lipinski definition) is 1. The molecule has 2 aliphatic heterocycles. The van der Waals surface area contributed by atoms with Crippen molar-refractivity contribution in [1.82, 2.24) is 10.2 Å². The fourth-order valence-corrected chi connectivity index (χ4v) is 5.22. The van der Waals surface area contributed by atoms with Gasteiger partial charge in [-0.2, -0.15) is 0 Å². The highest BCUT2D eigenvalue weighted by molar-refractivity contribution is 6.07. The molecule has 7 nitrogen and oxygen atoms in total. The molecule has 1 saturated carbocycles. The van der Waals surface area contributed by atoms with Crippen LogP contribution in [0.4, 0.5) is 5.69 Å². The Morgan fingerprint density at radius 1 is 1.09 bits per heavy atom. The Morgan fingerprint density at radius 2 is 1.78 bits per heavy atom. The van der Waals surface area contributed by atoms with E-state index in [-0.39, 0.29) is 11.9 Å². The number of esters is 1. The molecule has 32 heavy (non-hydrogen) atoms. The number of anilines is 1. The van der Waals surface area contributed by atoms with Crippen molar-refractivity contribution in [1.29, 1.82) is 0 Å². The lowest BCUT2D eigenvalue weighted by atomic mass is 9.78. The Hall–Kier alpha value is -2.54. The van der Waals surface area contributed by atoms with E-state index in [9.17, 15) is 9.59 Å². The fourth-order valence-electron chi connectivity index (χ4n) is 5.22. The molecule has 2 fully saturated rings. The summed E-state index contributed by atoms with van der Waals surface area (Å²) >= 11 is 0. The molecule has 0 bridgehead atoms. The first kappa shape index (κ1) is 22.6. The zero-order chi connectivity index (χ0) is 22.6. The summed E-state index contributed by atoms with van der Waals surface area (Å²) in [7, 11) is 1.68. The summed E-state index contributed by atoms with van der Waals surface area (Å²) in [6, 6.07) is 8.22. The molecular weight excluding hydrogens is 406 g/mol. The predicted octanol–water partition coefficient (Wildman–Crippen LogP) is 2.90. The lowest BCUT2D eigenvalue weighted by Gasteiger charge is -2.36. The molecule has 1 aromatic rings. The summed E-state index contributed by atoms with van der Waals surface area (Å²) in [6.45, 7) is 7.29. The van der Waals surface area contributed by atoms with Gasteiger partial charge in [-0.3, -0.25) is 9.69 Å². The van der Waals surface area contributed by atoms with Crippen molar-refractivity contribution in [3.05, 3.63) is 35.4 Å². The normalized spacial score (nSPS) is 21.1. The van der Waals surface area contributed by atoms with Gasteiger partial charge in [0.15, 0.2) is 0 Å². The number of nitrogens with zero attached hydrogens (tertiary/aromatic N) is 2. The number of methoxy groups -OCH3 is 1. The van der Waals surface area contributed by atoms with Gasteiger partial charge in [-0.25, -0.2) is 4.79 Å². The first-order valence-electron chi connectivity index (χ1n) is 11.9. The summed E-state index contributed by atoms with van der Waals surface area (Å²) in [5.74, 6) is 0.426. The van der Waals surface area contributed by atoms with Gasteiger partial charge in [0.25, 0.3) is 5.91 Å². The topological polar surface area (TPSA) is 71.1 Å². The van der Waals surface area contributed by atoms with E-state index in [1.165, 1.54) is 5.69 Å². The molecule has 174 valence electrons. The van der Waals surface area contributed by atoms with Crippen molar-refractivity contribution in [2.24, 2.45) is 0 Å². The maximum Gasteiger partial charge on any atom is 0.335 e. The van der Waals surface area contributed by atoms with Crippen LogP contribution in [0.25, 0.3) is 0 Å². The molecule has 1 aliphatic carbocycles. The van der Waals surface area contributed by atoms with Crippen LogP contribution in [0.5, 0.6) is 5.75 Å². The van der Waals surface area contributed by atoms with E-state index < -0.39 is 5.60 Å². The lowest BCUT2D eigenvalue weighted by Crippen LogP contribution is -2.47. The molecule has 3 aliphatic rings. The van der Waals surface area contributed by atoms with Crippen LogP contribution in [-0.4, -0.2) is 68.8 Å². The molecule has 2 heterocycles. The Labute approximate surface area is 190 Å². The minimum Gasteiger partial charge on any atom is -0.497 e. The van der Waals surface area contributed by atoms with Crippen LogP contribution in [0, 0.1) is 0 Å². The number of nitrogens with one attached hydrogen (secondary N) is 1. The molecule has 0 unspecified atom stereocenters. The second-order valence-electron chi connectivity index (χ2n) is 9.08. The van der Waals surface area contributed by atoms with Crippen LogP contribution in [0.1, 0.15) is 45.4 Å². The smallest absolute Gasteiger partial charge is 0.335 e. The number of ether oxygens (including phenoxy) is 2. The fraction of sp³-hybridized carbons (Fsp3) is 0.600. The second kappa shape index (κ2) is 9.94. The van der Waals surface area contributed by atoms with Gasteiger partial charge in [0.2, 0.25) is 0 Å². The van der Waals surface area contributed by atoms with Gasteiger partial charge in [-0.15, -0.1) is 0 Å². The SMILES string of the molecule is COc1ccc(N2CCN(CCCNC(=O)C3=C(C)C(=O)OC34CCCCC4)CC2)cc1. The first-order chi connectivity index (χ1) is 15.5. The number of carbonyl (C=O) groups excluding carboxylic acids is 2. The van der Waals surface area contributed by atoms with E-state index in [0.717, 1.165) is 77.0 Å². The van der Waals surface area contributed by atoms with Gasteiger partial charge in [0.1, 0.15) is 11.4 Å². The summed E-state index contributed by atoms with van der Waals surface area (Å²) in [6.07, 6.45) is 5.55. The number of piperazine rings is 1. The van der Waals surface area contributed by atoms with E-state index >= 15 is 0 Å². The number of amides is 1. The average Bonchev–Trinajstić information content (AvgIpc) is 3.06. The number of carbonyl (C=O) groups is 2. The molecule has 1 N–H and O–H groups in total. The molecule has 0 radical (unpaired) electrons. The van der Waals surface area contributed by atoms with Gasteiger partial charge < -0.3 is 19.7 Å². The van der Waals surface area contributed by atoms with E-state index in [1.807, 2.05) is 12.1 Å². The minimum absolute atomic E-state index is 0.125. The van der Waals surface area contributed by atoms with Crippen LogP contribution in [0.2, 0.25) is 0 Å². The monoisotopic (exact) mass is 441 g/mol. The summed E-state index contributed by atoms with van der Waals surface area (Å²) in [4.78, 5) is 30.0. The van der Waals surface area contributed by atoms with Crippen molar-refractivity contribution in [3.8, 4) is 5.75 Å². The summed E-state index contributed by atoms with van der Waals surface area (Å²) in [5, 5.41) is 3.05. The van der Waals surface area contributed by atoms with Crippen LogP contribution in [-0.2, 0) is 14.3 Å². The maximum atomic E-state index is 12.9. The van der Waals surface area contributed by atoms with Crippen molar-refractivity contribution in [2.45, 2.75) is 51.0 Å². The second-order valence-corrected chi connectivity index (χ2v) is 9.08.